The molecule has 2 N–H and O–H groups in total. The van der Waals surface area contributed by atoms with Crippen LogP contribution in [0.4, 0.5) is 0 Å². The van der Waals surface area contributed by atoms with Gasteiger partial charge in [0.1, 0.15) is 5.82 Å². The van der Waals surface area contributed by atoms with Gasteiger partial charge >= 0.3 is 0 Å². The van der Waals surface area contributed by atoms with Gasteiger partial charge in [-0.15, -0.1) is 11.3 Å². The van der Waals surface area contributed by atoms with Crippen LogP contribution >= 0.6 is 11.3 Å². The summed E-state index contributed by atoms with van der Waals surface area (Å²) in [5.41, 5.74) is 1.74. The lowest BCUT2D eigenvalue weighted by Gasteiger charge is -2.12. The lowest BCUT2D eigenvalue weighted by Crippen LogP contribution is -2.28. The van der Waals surface area contributed by atoms with E-state index in [0.29, 0.717) is 6.61 Å². The van der Waals surface area contributed by atoms with Crippen LogP contribution in [0.2, 0.25) is 0 Å². The number of aromatic nitrogens is 3. The minimum Gasteiger partial charge on any atom is -0.484 e. The molecule has 7 heteroatoms. The van der Waals surface area contributed by atoms with E-state index in [4.69, 9.17) is 4.74 Å². The average molecular weight is 382 g/mol. The molecule has 0 unspecified atom stereocenters. The largest absolute Gasteiger partial charge is 0.484 e. The highest BCUT2D eigenvalue weighted by atomic mass is 32.1. The summed E-state index contributed by atoms with van der Waals surface area (Å²) in [5.74, 6) is 1.06. The molecule has 1 aliphatic carbocycles. The number of hydrogen-bond acceptors (Lipinski definition) is 5. The summed E-state index contributed by atoms with van der Waals surface area (Å²) in [6.07, 6.45) is 4.36. The molecule has 3 aromatic rings. The lowest BCUT2D eigenvalue weighted by atomic mass is 10.2. The van der Waals surface area contributed by atoms with Crippen LogP contribution in [0.15, 0.2) is 42.7 Å². The third-order valence-corrected chi connectivity index (χ3v) is 5.87. The van der Waals surface area contributed by atoms with Crippen LogP contribution in [0, 0.1) is 5.92 Å². The molecule has 0 radical (unpaired) electrons. The second-order valence-corrected chi connectivity index (χ2v) is 7.74. The van der Waals surface area contributed by atoms with E-state index in [1.807, 2.05) is 44.2 Å². The zero-order valence-electron chi connectivity index (χ0n) is 15.3. The summed E-state index contributed by atoms with van der Waals surface area (Å²) >= 11 is 1.58. The first-order valence-corrected chi connectivity index (χ1v) is 9.96. The fourth-order valence-corrected chi connectivity index (χ4v) is 4.06. The van der Waals surface area contributed by atoms with Gasteiger partial charge in [-0.05, 0) is 44.5 Å². The molecule has 27 heavy (non-hydrogen) atoms. The SMILES string of the molecule is CCOc1ccc([C@@H](C)NC(=O)[C@H]2C[C@@H]2c2ncc(-c3ccccn3)[nH]2)s1. The molecule has 3 aromatic heterocycles. The number of ether oxygens (including phenoxy) is 1. The van der Waals surface area contributed by atoms with E-state index < -0.39 is 0 Å². The van der Waals surface area contributed by atoms with Crippen molar-refractivity contribution in [1.29, 1.82) is 0 Å². The molecular weight excluding hydrogens is 360 g/mol. The van der Waals surface area contributed by atoms with Crippen LogP contribution in [-0.2, 0) is 4.79 Å². The van der Waals surface area contributed by atoms with Crippen molar-refractivity contribution in [2.45, 2.75) is 32.2 Å². The first kappa shape index (κ1) is 17.7. The van der Waals surface area contributed by atoms with Crippen LogP contribution < -0.4 is 10.1 Å². The maximum atomic E-state index is 12.6. The Morgan fingerprint density at radius 1 is 1.37 bits per heavy atom. The highest BCUT2D eigenvalue weighted by Gasteiger charge is 2.46. The number of aromatic amines is 1. The Morgan fingerprint density at radius 3 is 3.04 bits per heavy atom. The molecule has 0 saturated heterocycles. The molecule has 1 fully saturated rings. The molecule has 0 bridgehead atoms. The van der Waals surface area contributed by atoms with Gasteiger partial charge in [-0.2, -0.15) is 0 Å². The zero-order valence-corrected chi connectivity index (χ0v) is 16.1. The number of nitrogens with one attached hydrogen (secondary N) is 2. The van der Waals surface area contributed by atoms with Crippen molar-refractivity contribution >= 4 is 17.2 Å². The fourth-order valence-electron chi connectivity index (χ4n) is 3.14. The number of imidazole rings is 1. The Bertz CT molecular complexity index is 921. The number of carbonyl (C=O) groups excluding carboxylic acids is 1. The number of H-pyrrole nitrogens is 1. The van der Waals surface area contributed by atoms with E-state index in [1.165, 1.54) is 0 Å². The minimum atomic E-state index is -0.0290. The van der Waals surface area contributed by atoms with Crippen molar-refractivity contribution in [3.8, 4) is 16.5 Å². The van der Waals surface area contributed by atoms with Gasteiger partial charge in [0, 0.05) is 22.9 Å². The first-order chi connectivity index (χ1) is 13.2. The predicted molar refractivity (Wildman–Crippen MR) is 105 cm³/mol. The van der Waals surface area contributed by atoms with Gasteiger partial charge in [0.25, 0.3) is 0 Å². The maximum absolute atomic E-state index is 12.6. The van der Waals surface area contributed by atoms with Crippen molar-refractivity contribution in [2.75, 3.05) is 6.61 Å². The number of rotatable bonds is 7. The van der Waals surface area contributed by atoms with Gasteiger partial charge in [0.2, 0.25) is 5.91 Å². The molecule has 1 amide bonds. The molecule has 6 nitrogen and oxygen atoms in total. The number of thiophene rings is 1. The van der Waals surface area contributed by atoms with Crippen LogP contribution in [0.3, 0.4) is 0 Å². The summed E-state index contributed by atoms with van der Waals surface area (Å²) in [6, 6.07) is 9.70. The van der Waals surface area contributed by atoms with E-state index in [-0.39, 0.29) is 23.8 Å². The molecule has 0 aromatic carbocycles. The topological polar surface area (TPSA) is 79.9 Å². The Morgan fingerprint density at radius 2 is 2.26 bits per heavy atom. The number of nitrogens with zero attached hydrogens (tertiary/aromatic N) is 2. The molecule has 1 saturated carbocycles. The van der Waals surface area contributed by atoms with Gasteiger partial charge in [0.15, 0.2) is 5.06 Å². The van der Waals surface area contributed by atoms with Crippen molar-refractivity contribution in [3.63, 3.8) is 0 Å². The van der Waals surface area contributed by atoms with E-state index in [9.17, 15) is 4.79 Å². The van der Waals surface area contributed by atoms with Crippen molar-refractivity contribution in [2.24, 2.45) is 5.92 Å². The Labute approximate surface area is 162 Å². The Hall–Kier alpha value is -2.67. The third kappa shape index (κ3) is 3.88. The van der Waals surface area contributed by atoms with Gasteiger partial charge in [-0.1, -0.05) is 6.07 Å². The highest BCUT2D eigenvalue weighted by Crippen LogP contribution is 2.47. The summed E-state index contributed by atoms with van der Waals surface area (Å²) in [4.78, 5) is 25.8. The Kier molecular flexibility index (Phi) is 4.94. The van der Waals surface area contributed by atoms with Crippen LogP contribution in [0.25, 0.3) is 11.4 Å². The number of hydrogen-bond donors (Lipinski definition) is 2. The standard InChI is InChI=1S/C20H22N4O2S/c1-3-26-18-8-7-17(27-18)12(2)23-20(25)14-10-13(14)19-22-11-16(24-19)15-6-4-5-9-21-15/h4-9,11-14H,3,10H2,1-2H3,(H,22,24)(H,23,25)/t12-,13+,14+/m1/s1. The molecular formula is C20H22N4O2S. The number of carbonyl (C=O) groups is 1. The van der Waals surface area contributed by atoms with Crippen molar-refractivity contribution in [1.82, 2.24) is 20.3 Å². The number of pyridine rings is 1. The normalized spacial score (nSPS) is 19.5. The predicted octanol–water partition coefficient (Wildman–Crippen LogP) is 3.91. The van der Waals surface area contributed by atoms with Crippen molar-refractivity contribution in [3.05, 3.63) is 53.4 Å². The second kappa shape index (κ2) is 7.52. The van der Waals surface area contributed by atoms with Gasteiger partial charge in [-0.3, -0.25) is 9.78 Å². The summed E-state index contributed by atoms with van der Waals surface area (Å²) in [5, 5.41) is 4.00. The molecule has 0 spiro atoms. The first-order valence-electron chi connectivity index (χ1n) is 9.15. The molecule has 140 valence electrons. The van der Waals surface area contributed by atoms with Crippen LogP contribution in [0.5, 0.6) is 5.06 Å². The molecule has 4 rings (SSSR count). The van der Waals surface area contributed by atoms with E-state index in [0.717, 1.165) is 33.6 Å². The average Bonchev–Trinajstić information content (AvgIpc) is 3.11. The molecule has 0 aliphatic heterocycles. The summed E-state index contributed by atoms with van der Waals surface area (Å²) in [6.45, 7) is 4.61. The van der Waals surface area contributed by atoms with Gasteiger partial charge in [0.05, 0.1) is 30.2 Å². The maximum Gasteiger partial charge on any atom is 0.224 e. The molecule has 3 atom stereocenters. The number of amides is 1. The summed E-state index contributed by atoms with van der Waals surface area (Å²) < 4.78 is 5.50. The van der Waals surface area contributed by atoms with E-state index in [2.05, 4.69) is 20.3 Å². The second-order valence-electron chi connectivity index (χ2n) is 6.67. The highest BCUT2D eigenvalue weighted by molar-refractivity contribution is 7.13. The zero-order chi connectivity index (χ0) is 18.8. The minimum absolute atomic E-state index is 0.0264. The van der Waals surface area contributed by atoms with E-state index in [1.54, 1.807) is 23.7 Å². The third-order valence-electron chi connectivity index (χ3n) is 4.69. The van der Waals surface area contributed by atoms with Crippen LogP contribution in [0.1, 0.15) is 42.9 Å². The monoisotopic (exact) mass is 382 g/mol. The molecule has 1 aliphatic rings. The Balaban J connectivity index is 1.35. The smallest absolute Gasteiger partial charge is 0.224 e. The summed E-state index contributed by atoms with van der Waals surface area (Å²) in [7, 11) is 0. The van der Waals surface area contributed by atoms with Gasteiger partial charge < -0.3 is 15.0 Å². The van der Waals surface area contributed by atoms with Gasteiger partial charge in [-0.25, -0.2) is 4.98 Å². The quantitative estimate of drug-likeness (QED) is 0.649. The lowest BCUT2D eigenvalue weighted by molar-refractivity contribution is -0.123. The fraction of sp³-hybridized carbons (Fsp3) is 0.350. The van der Waals surface area contributed by atoms with Crippen LogP contribution in [-0.4, -0.2) is 27.5 Å². The molecule has 3 heterocycles. The van der Waals surface area contributed by atoms with E-state index >= 15 is 0 Å². The van der Waals surface area contributed by atoms with Crippen molar-refractivity contribution < 1.29 is 9.53 Å².